The Hall–Kier alpha value is -2.42. The smallest absolute Gasteiger partial charge is 0.255 e. The third-order valence-corrected chi connectivity index (χ3v) is 7.22. The van der Waals surface area contributed by atoms with Crippen molar-refractivity contribution in [2.24, 2.45) is 0 Å². The molecule has 30 heavy (non-hydrogen) atoms. The molecule has 0 saturated carbocycles. The van der Waals surface area contributed by atoms with Crippen molar-refractivity contribution in [3.05, 3.63) is 34.9 Å². The molecular formula is C21H29N5O3S. The van der Waals surface area contributed by atoms with Crippen LogP contribution in [-0.2, 0) is 9.84 Å². The normalized spacial score (nSPS) is 18.2. The number of aryl methyl sites for hydroxylation is 2. The van der Waals surface area contributed by atoms with Gasteiger partial charge in [0.25, 0.3) is 5.91 Å². The highest BCUT2D eigenvalue weighted by Gasteiger charge is 2.31. The molecule has 9 heteroatoms. The molecule has 2 aliphatic heterocycles. The number of carbonyl (C=O) groups is 1. The van der Waals surface area contributed by atoms with Gasteiger partial charge in [0.15, 0.2) is 9.84 Å². The highest BCUT2D eigenvalue weighted by Crippen LogP contribution is 2.33. The fraction of sp³-hybridized carbons (Fsp3) is 0.571. The third-order valence-electron chi connectivity index (χ3n) is 6.11. The summed E-state index contributed by atoms with van der Waals surface area (Å²) in [6, 6.07) is 1.89. The second kappa shape index (κ2) is 8.02. The van der Waals surface area contributed by atoms with E-state index in [0.717, 1.165) is 37.3 Å². The van der Waals surface area contributed by atoms with Gasteiger partial charge in [-0.25, -0.2) is 18.4 Å². The lowest BCUT2D eigenvalue weighted by molar-refractivity contribution is 0.0710. The Kier molecular flexibility index (Phi) is 5.57. The Morgan fingerprint density at radius 2 is 1.80 bits per heavy atom. The number of sulfone groups is 1. The van der Waals surface area contributed by atoms with E-state index in [0.29, 0.717) is 43.1 Å². The molecule has 0 aliphatic carbocycles. The maximum atomic E-state index is 12.9. The summed E-state index contributed by atoms with van der Waals surface area (Å²) in [5.41, 5.74) is 3.17. The van der Waals surface area contributed by atoms with Crippen LogP contribution in [-0.4, -0.2) is 66.6 Å². The number of likely N-dealkylation sites (tertiary alicyclic amines) is 1. The first-order valence-corrected chi connectivity index (χ1v) is 12.4. The molecular weight excluding hydrogens is 402 g/mol. The van der Waals surface area contributed by atoms with Crippen LogP contribution in [0.3, 0.4) is 0 Å². The molecule has 4 rings (SSSR count). The number of hydrogen-bond acceptors (Lipinski definition) is 6. The summed E-state index contributed by atoms with van der Waals surface area (Å²) in [6.07, 6.45) is 6.26. The molecule has 0 atom stereocenters. The summed E-state index contributed by atoms with van der Waals surface area (Å²) in [7, 11) is -3.43. The SMILES string of the molecule is Cc1cc(C(=O)N2CCC(c3nc(N4CCCC4)ncc3S(C)(=O)=O)CC2)c(C)[nH]1. The lowest BCUT2D eigenvalue weighted by Gasteiger charge is -2.32. The van der Waals surface area contributed by atoms with E-state index in [1.165, 1.54) is 12.5 Å². The summed E-state index contributed by atoms with van der Waals surface area (Å²) in [5.74, 6) is 0.642. The van der Waals surface area contributed by atoms with Crippen molar-refractivity contribution in [1.29, 1.82) is 0 Å². The number of H-pyrrole nitrogens is 1. The van der Waals surface area contributed by atoms with Gasteiger partial charge in [-0.3, -0.25) is 4.79 Å². The van der Waals surface area contributed by atoms with Crippen LogP contribution in [0.1, 0.15) is 59.0 Å². The van der Waals surface area contributed by atoms with Crippen LogP contribution in [0, 0.1) is 13.8 Å². The Balaban J connectivity index is 1.55. The Morgan fingerprint density at radius 1 is 1.13 bits per heavy atom. The number of anilines is 1. The number of rotatable bonds is 4. The van der Waals surface area contributed by atoms with Gasteiger partial charge < -0.3 is 14.8 Å². The first-order valence-electron chi connectivity index (χ1n) is 10.5. The first kappa shape index (κ1) is 20.8. The maximum Gasteiger partial charge on any atom is 0.255 e. The number of nitrogens with one attached hydrogen (secondary N) is 1. The van der Waals surface area contributed by atoms with Crippen LogP contribution in [0.4, 0.5) is 5.95 Å². The minimum absolute atomic E-state index is 0.00261. The average Bonchev–Trinajstić information content (AvgIpc) is 3.36. The second-order valence-electron chi connectivity index (χ2n) is 8.44. The molecule has 8 nitrogen and oxygen atoms in total. The van der Waals surface area contributed by atoms with E-state index in [1.54, 1.807) is 0 Å². The van der Waals surface area contributed by atoms with Crippen molar-refractivity contribution in [2.45, 2.75) is 50.3 Å². The van der Waals surface area contributed by atoms with Gasteiger partial charge in [-0.15, -0.1) is 0 Å². The van der Waals surface area contributed by atoms with E-state index in [9.17, 15) is 13.2 Å². The van der Waals surface area contributed by atoms with E-state index in [1.807, 2.05) is 24.8 Å². The van der Waals surface area contributed by atoms with Gasteiger partial charge in [0, 0.05) is 49.7 Å². The van der Waals surface area contributed by atoms with Gasteiger partial charge in [0.05, 0.1) is 17.5 Å². The van der Waals surface area contributed by atoms with Crippen molar-refractivity contribution in [2.75, 3.05) is 37.3 Å². The van der Waals surface area contributed by atoms with Gasteiger partial charge in [0.2, 0.25) is 5.95 Å². The zero-order valence-electron chi connectivity index (χ0n) is 17.8. The number of aromatic amines is 1. The van der Waals surface area contributed by atoms with Crippen molar-refractivity contribution in [3.8, 4) is 0 Å². The molecule has 0 radical (unpaired) electrons. The summed E-state index contributed by atoms with van der Waals surface area (Å²) in [6.45, 7) is 6.82. The van der Waals surface area contributed by atoms with E-state index < -0.39 is 9.84 Å². The van der Waals surface area contributed by atoms with Gasteiger partial charge in [-0.05, 0) is 45.6 Å². The molecule has 162 valence electrons. The van der Waals surface area contributed by atoms with Crippen LogP contribution in [0.15, 0.2) is 17.2 Å². The Morgan fingerprint density at radius 3 is 2.37 bits per heavy atom. The van der Waals surface area contributed by atoms with Crippen molar-refractivity contribution >= 4 is 21.7 Å². The number of aromatic nitrogens is 3. The molecule has 2 saturated heterocycles. The average molecular weight is 432 g/mol. The summed E-state index contributed by atoms with van der Waals surface area (Å²) in [5, 5.41) is 0. The highest BCUT2D eigenvalue weighted by atomic mass is 32.2. The van der Waals surface area contributed by atoms with E-state index in [2.05, 4.69) is 14.9 Å². The van der Waals surface area contributed by atoms with Gasteiger partial charge >= 0.3 is 0 Å². The van der Waals surface area contributed by atoms with Gasteiger partial charge in [-0.2, -0.15) is 0 Å². The van der Waals surface area contributed by atoms with Crippen LogP contribution in [0.2, 0.25) is 0 Å². The molecule has 4 heterocycles. The fourth-order valence-corrected chi connectivity index (χ4v) is 5.33. The lowest BCUT2D eigenvalue weighted by atomic mass is 9.93. The molecule has 2 fully saturated rings. The van der Waals surface area contributed by atoms with E-state index >= 15 is 0 Å². The molecule has 2 aromatic heterocycles. The van der Waals surface area contributed by atoms with Crippen molar-refractivity contribution in [3.63, 3.8) is 0 Å². The zero-order valence-corrected chi connectivity index (χ0v) is 18.6. The molecule has 1 amide bonds. The van der Waals surface area contributed by atoms with Crippen LogP contribution < -0.4 is 4.90 Å². The standard InChI is InChI=1S/C21H29N5O3S/c1-14-12-17(15(2)23-14)20(27)25-10-6-16(7-11-25)19-18(30(3,28)29)13-22-21(24-19)26-8-4-5-9-26/h12-13,16,23H,4-11H2,1-3H3. The predicted molar refractivity (Wildman–Crippen MR) is 115 cm³/mol. The molecule has 0 bridgehead atoms. The molecule has 2 aromatic rings. The van der Waals surface area contributed by atoms with Crippen molar-refractivity contribution in [1.82, 2.24) is 19.9 Å². The maximum absolute atomic E-state index is 12.9. The number of hydrogen-bond donors (Lipinski definition) is 1. The molecule has 0 unspecified atom stereocenters. The number of carbonyl (C=O) groups excluding carboxylic acids is 1. The van der Waals surface area contributed by atoms with Crippen LogP contribution in [0.5, 0.6) is 0 Å². The monoisotopic (exact) mass is 431 g/mol. The topological polar surface area (TPSA) is 99.3 Å². The van der Waals surface area contributed by atoms with E-state index in [-0.39, 0.29) is 16.7 Å². The first-order chi connectivity index (χ1) is 14.2. The second-order valence-corrected chi connectivity index (χ2v) is 10.4. The predicted octanol–water partition coefficient (Wildman–Crippen LogP) is 2.45. The Labute approximate surface area is 177 Å². The van der Waals surface area contributed by atoms with Crippen LogP contribution >= 0.6 is 0 Å². The number of piperidine rings is 1. The molecule has 0 aromatic carbocycles. The molecule has 1 N–H and O–H groups in total. The lowest BCUT2D eigenvalue weighted by Crippen LogP contribution is -2.38. The summed E-state index contributed by atoms with van der Waals surface area (Å²) in [4.78, 5) is 29.3. The largest absolute Gasteiger partial charge is 0.362 e. The Bertz CT molecular complexity index is 1050. The molecule has 0 spiro atoms. The third kappa shape index (κ3) is 4.08. The van der Waals surface area contributed by atoms with Crippen molar-refractivity contribution < 1.29 is 13.2 Å². The fourth-order valence-electron chi connectivity index (χ4n) is 4.49. The molecule has 2 aliphatic rings. The summed E-state index contributed by atoms with van der Waals surface area (Å²) < 4.78 is 24.7. The zero-order chi connectivity index (χ0) is 21.5. The quantitative estimate of drug-likeness (QED) is 0.798. The minimum atomic E-state index is -3.43. The summed E-state index contributed by atoms with van der Waals surface area (Å²) >= 11 is 0. The minimum Gasteiger partial charge on any atom is -0.362 e. The van der Waals surface area contributed by atoms with Crippen LogP contribution in [0.25, 0.3) is 0 Å². The van der Waals surface area contributed by atoms with Gasteiger partial charge in [-0.1, -0.05) is 0 Å². The van der Waals surface area contributed by atoms with E-state index in [4.69, 9.17) is 4.98 Å². The highest BCUT2D eigenvalue weighted by molar-refractivity contribution is 7.90. The number of nitrogens with zero attached hydrogens (tertiary/aromatic N) is 4. The van der Waals surface area contributed by atoms with Gasteiger partial charge in [0.1, 0.15) is 4.90 Å². The number of amides is 1.